The first kappa shape index (κ1) is 12.0. The van der Waals surface area contributed by atoms with Gasteiger partial charge in [0, 0.05) is 0 Å². The molecule has 3 atom stereocenters. The predicted molar refractivity (Wildman–Crippen MR) is 67.8 cm³/mol. The second kappa shape index (κ2) is 5.27. The molecule has 2 heteroatoms. The van der Waals surface area contributed by atoms with Gasteiger partial charge in [0.2, 0.25) is 0 Å². The Bertz CT molecular complexity index is 217. The van der Waals surface area contributed by atoms with Gasteiger partial charge in [0.05, 0.1) is 18.3 Å². The maximum absolute atomic E-state index is 10.1. The van der Waals surface area contributed by atoms with Crippen molar-refractivity contribution in [3.05, 3.63) is 0 Å². The van der Waals surface area contributed by atoms with Crippen LogP contribution in [0.5, 0.6) is 0 Å². The third kappa shape index (κ3) is 2.68. The molecule has 1 aliphatic heterocycles. The van der Waals surface area contributed by atoms with Crippen molar-refractivity contribution in [2.75, 3.05) is 0 Å². The van der Waals surface area contributed by atoms with Crippen LogP contribution in [0.4, 0.5) is 0 Å². The van der Waals surface area contributed by atoms with Crippen molar-refractivity contribution in [3.8, 4) is 0 Å². The molecular weight excluding hydrogens is 212 g/mol. The maximum atomic E-state index is 10.1. The van der Waals surface area contributed by atoms with Crippen molar-refractivity contribution in [3.63, 3.8) is 0 Å². The van der Waals surface area contributed by atoms with Crippen molar-refractivity contribution in [2.24, 2.45) is 11.8 Å². The lowest BCUT2D eigenvalue weighted by molar-refractivity contribution is -0.134. The van der Waals surface area contributed by atoms with Crippen LogP contribution in [0.3, 0.4) is 0 Å². The van der Waals surface area contributed by atoms with E-state index in [4.69, 9.17) is 4.74 Å². The van der Waals surface area contributed by atoms with Crippen LogP contribution in [0.15, 0.2) is 0 Å². The fraction of sp³-hybridized carbons (Fsp3) is 1.00. The van der Waals surface area contributed by atoms with Crippen molar-refractivity contribution in [2.45, 2.75) is 82.5 Å². The van der Waals surface area contributed by atoms with Gasteiger partial charge in [-0.3, -0.25) is 0 Å². The van der Waals surface area contributed by atoms with Gasteiger partial charge in [0.25, 0.3) is 0 Å². The molecule has 1 saturated heterocycles. The quantitative estimate of drug-likeness (QED) is 0.800. The normalized spacial score (nSPS) is 41.1. The van der Waals surface area contributed by atoms with E-state index in [0.717, 1.165) is 24.7 Å². The van der Waals surface area contributed by atoms with E-state index in [1.54, 1.807) is 0 Å². The third-order valence-electron chi connectivity index (χ3n) is 5.21. The predicted octanol–water partition coefficient (Wildman–Crippen LogP) is 3.28. The number of hydrogen-bond acceptors (Lipinski definition) is 2. The van der Waals surface area contributed by atoms with Crippen molar-refractivity contribution >= 4 is 0 Å². The summed E-state index contributed by atoms with van der Waals surface area (Å²) in [5.74, 6) is 1.49. The highest BCUT2D eigenvalue weighted by molar-refractivity contribution is 4.87. The van der Waals surface area contributed by atoms with Crippen LogP contribution < -0.4 is 0 Å². The first-order chi connectivity index (χ1) is 8.33. The van der Waals surface area contributed by atoms with E-state index >= 15 is 0 Å². The molecule has 2 aliphatic carbocycles. The molecule has 0 amide bonds. The van der Waals surface area contributed by atoms with Crippen LogP contribution in [0.2, 0.25) is 0 Å². The van der Waals surface area contributed by atoms with E-state index < -0.39 is 0 Å². The van der Waals surface area contributed by atoms with Crippen LogP contribution in [-0.4, -0.2) is 23.4 Å². The van der Waals surface area contributed by atoms with E-state index in [1.165, 1.54) is 51.4 Å². The van der Waals surface area contributed by atoms with Crippen LogP contribution in [0.1, 0.15) is 64.2 Å². The van der Waals surface area contributed by atoms with Gasteiger partial charge >= 0.3 is 0 Å². The highest BCUT2D eigenvalue weighted by Gasteiger charge is 2.38. The van der Waals surface area contributed by atoms with Crippen LogP contribution >= 0.6 is 0 Å². The van der Waals surface area contributed by atoms with E-state index in [9.17, 15) is 5.11 Å². The highest BCUT2D eigenvalue weighted by Crippen LogP contribution is 2.39. The van der Waals surface area contributed by atoms with E-state index in [0.29, 0.717) is 12.2 Å². The third-order valence-corrected chi connectivity index (χ3v) is 5.21. The lowest BCUT2D eigenvalue weighted by atomic mass is 9.86. The standard InChI is InChI=1S/C15H26O2/c16-13-9-14(11-5-1-2-6-11)17-15(10-13)12-7-3-4-8-12/h11-16H,1-10H2/t13?,14-,15+. The molecule has 3 fully saturated rings. The average Bonchev–Trinajstić information content (AvgIpc) is 3.02. The second-order valence-corrected chi connectivity index (χ2v) is 6.43. The fourth-order valence-corrected chi connectivity index (χ4v) is 4.23. The molecule has 1 unspecified atom stereocenters. The molecule has 2 nitrogen and oxygen atoms in total. The second-order valence-electron chi connectivity index (χ2n) is 6.43. The van der Waals surface area contributed by atoms with Crippen LogP contribution in [-0.2, 0) is 4.74 Å². The zero-order valence-corrected chi connectivity index (χ0v) is 10.8. The molecule has 3 rings (SSSR count). The molecule has 17 heavy (non-hydrogen) atoms. The summed E-state index contributed by atoms with van der Waals surface area (Å²) >= 11 is 0. The Morgan fingerprint density at radius 1 is 0.706 bits per heavy atom. The summed E-state index contributed by atoms with van der Waals surface area (Å²) in [4.78, 5) is 0. The molecule has 2 saturated carbocycles. The molecule has 0 aromatic rings. The topological polar surface area (TPSA) is 29.5 Å². The highest BCUT2D eigenvalue weighted by atomic mass is 16.5. The molecule has 0 bridgehead atoms. The van der Waals surface area contributed by atoms with Crippen molar-refractivity contribution < 1.29 is 9.84 Å². The van der Waals surface area contributed by atoms with Crippen LogP contribution in [0, 0.1) is 11.8 Å². The van der Waals surface area contributed by atoms with Gasteiger partial charge in [-0.1, -0.05) is 25.7 Å². The van der Waals surface area contributed by atoms with Crippen LogP contribution in [0.25, 0.3) is 0 Å². The summed E-state index contributed by atoms with van der Waals surface area (Å²) in [5.41, 5.74) is 0. The van der Waals surface area contributed by atoms with E-state index in [1.807, 2.05) is 0 Å². The minimum absolute atomic E-state index is 0.0973. The summed E-state index contributed by atoms with van der Waals surface area (Å²) in [6, 6.07) is 0. The molecule has 3 aliphatic rings. The van der Waals surface area contributed by atoms with Gasteiger partial charge in [-0.25, -0.2) is 0 Å². The number of ether oxygens (including phenoxy) is 1. The van der Waals surface area contributed by atoms with Crippen molar-refractivity contribution in [1.82, 2.24) is 0 Å². The largest absolute Gasteiger partial charge is 0.393 e. The first-order valence-corrected chi connectivity index (χ1v) is 7.66. The molecule has 0 aromatic heterocycles. The molecule has 0 aromatic carbocycles. The zero-order chi connectivity index (χ0) is 11.7. The fourth-order valence-electron chi connectivity index (χ4n) is 4.23. The molecule has 98 valence electrons. The van der Waals surface area contributed by atoms with Gasteiger partial charge in [-0.05, 0) is 50.4 Å². The van der Waals surface area contributed by atoms with E-state index in [-0.39, 0.29) is 6.10 Å². The number of aliphatic hydroxyl groups is 1. The van der Waals surface area contributed by atoms with Gasteiger partial charge in [0.15, 0.2) is 0 Å². The van der Waals surface area contributed by atoms with E-state index in [2.05, 4.69) is 0 Å². The Hall–Kier alpha value is -0.0800. The summed E-state index contributed by atoms with van der Waals surface area (Å²) in [7, 11) is 0. The van der Waals surface area contributed by atoms with Gasteiger partial charge in [-0.2, -0.15) is 0 Å². The Morgan fingerprint density at radius 3 is 1.53 bits per heavy atom. The van der Waals surface area contributed by atoms with Gasteiger partial charge < -0.3 is 9.84 Å². The Labute approximate surface area is 105 Å². The lowest BCUT2D eigenvalue weighted by Gasteiger charge is -2.39. The molecule has 1 heterocycles. The smallest absolute Gasteiger partial charge is 0.0631 e. The lowest BCUT2D eigenvalue weighted by Crippen LogP contribution is -2.41. The number of aliphatic hydroxyl groups excluding tert-OH is 1. The van der Waals surface area contributed by atoms with Gasteiger partial charge in [-0.15, -0.1) is 0 Å². The maximum Gasteiger partial charge on any atom is 0.0631 e. The summed E-state index contributed by atoms with van der Waals surface area (Å²) < 4.78 is 6.36. The molecular formula is C15H26O2. The summed E-state index contributed by atoms with van der Waals surface area (Å²) in [5, 5.41) is 10.1. The minimum atomic E-state index is -0.0973. The average molecular weight is 238 g/mol. The Balaban J connectivity index is 1.61. The Morgan fingerprint density at radius 2 is 1.12 bits per heavy atom. The zero-order valence-electron chi connectivity index (χ0n) is 10.8. The number of hydrogen-bond donors (Lipinski definition) is 1. The molecule has 1 N–H and O–H groups in total. The van der Waals surface area contributed by atoms with Crippen molar-refractivity contribution in [1.29, 1.82) is 0 Å². The molecule has 0 spiro atoms. The summed E-state index contributed by atoms with van der Waals surface area (Å²) in [6.45, 7) is 0. The van der Waals surface area contributed by atoms with Gasteiger partial charge in [0.1, 0.15) is 0 Å². The molecule has 0 radical (unpaired) electrons. The number of rotatable bonds is 2. The monoisotopic (exact) mass is 238 g/mol. The minimum Gasteiger partial charge on any atom is -0.393 e. The first-order valence-electron chi connectivity index (χ1n) is 7.66. The summed E-state index contributed by atoms with van der Waals surface area (Å²) in [6.07, 6.45) is 13.2. The SMILES string of the molecule is OC1C[C@@H](C2CCCC2)O[C@@H](C2CCCC2)C1. The Kier molecular flexibility index (Phi) is 3.72.